The van der Waals surface area contributed by atoms with E-state index in [0.29, 0.717) is 13.1 Å². The molecule has 4 nitrogen and oxygen atoms in total. The lowest BCUT2D eigenvalue weighted by molar-refractivity contribution is 0.0776. The van der Waals surface area contributed by atoms with Gasteiger partial charge in [0.15, 0.2) is 11.6 Å². The van der Waals surface area contributed by atoms with Crippen LogP contribution < -0.4 is 4.74 Å². The number of methoxy groups -OCH3 is 1. The van der Waals surface area contributed by atoms with Crippen LogP contribution in [-0.4, -0.2) is 42.7 Å². The highest BCUT2D eigenvalue weighted by atomic mass is 19.1. The second-order valence-electron chi connectivity index (χ2n) is 4.41. The zero-order valence-corrected chi connectivity index (χ0v) is 10.2. The second-order valence-corrected chi connectivity index (χ2v) is 4.41. The number of likely N-dealkylation sites (tertiary alicyclic amines) is 1. The lowest BCUT2D eigenvalue weighted by Gasteiger charge is -2.17. The predicted octanol–water partition coefficient (Wildman–Crippen LogP) is 1.29. The van der Waals surface area contributed by atoms with Gasteiger partial charge >= 0.3 is 0 Å². The quantitative estimate of drug-likeness (QED) is 0.883. The molecule has 0 aliphatic carbocycles. The Morgan fingerprint density at radius 2 is 2.39 bits per heavy atom. The molecule has 1 aliphatic heterocycles. The molecule has 98 valence electrons. The fourth-order valence-electron chi connectivity index (χ4n) is 2.17. The third-order valence-corrected chi connectivity index (χ3v) is 3.24. The number of aliphatic hydroxyl groups is 1. The Balaban J connectivity index is 2.19. The van der Waals surface area contributed by atoms with Gasteiger partial charge in [0.1, 0.15) is 0 Å². The summed E-state index contributed by atoms with van der Waals surface area (Å²) in [6.07, 6.45) is 0.758. The number of benzene rings is 1. The van der Waals surface area contributed by atoms with Gasteiger partial charge < -0.3 is 14.7 Å². The van der Waals surface area contributed by atoms with Gasteiger partial charge in [0, 0.05) is 25.6 Å². The summed E-state index contributed by atoms with van der Waals surface area (Å²) in [5.41, 5.74) is 0.0212. The zero-order valence-electron chi connectivity index (χ0n) is 10.2. The van der Waals surface area contributed by atoms with E-state index in [4.69, 9.17) is 9.84 Å². The largest absolute Gasteiger partial charge is 0.494 e. The summed E-state index contributed by atoms with van der Waals surface area (Å²) in [5, 5.41) is 9.04. The number of halogens is 1. The topological polar surface area (TPSA) is 49.8 Å². The van der Waals surface area contributed by atoms with E-state index in [1.165, 1.54) is 19.2 Å². The van der Waals surface area contributed by atoms with Crippen molar-refractivity contribution in [1.82, 2.24) is 4.90 Å². The van der Waals surface area contributed by atoms with Gasteiger partial charge in [-0.05, 0) is 18.6 Å². The normalized spacial score (nSPS) is 19.1. The Morgan fingerprint density at radius 1 is 1.61 bits per heavy atom. The lowest BCUT2D eigenvalue weighted by atomic mass is 10.1. The molecule has 1 N–H and O–H groups in total. The van der Waals surface area contributed by atoms with E-state index in [1.807, 2.05) is 0 Å². The van der Waals surface area contributed by atoms with Crippen LogP contribution >= 0.6 is 0 Å². The first-order chi connectivity index (χ1) is 8.67. The SMILES string of the molecule is COc1cccc(C(=O)N2CCC(CO)C2)c1F. The molecule has 1 fully saturated rings. The number of carbonyl (C=O) groups is 1. The maximum Gasteiger partial charge on any atom is 0.256 e. The van der Waals surface area contributed by atoms with Crippen molar-refractivity contribution >= 4 is 5.91 Å². The first-order valence-electron chi connectivity index (χ1n) is 5.90. The summed E-state index contributed by atoms with van der Waals surface area (Å²) in [7, 11) is 1.37. The Bertz CT molecular complexity index is 450. The Hall–Kier alpha value is -1.62. The summed E-state index contributed by atoms with van der Waals surface area (Å²) in [5.74, 6) is -0.804. The maximum absolute atomic E-state index is 13.9. The van der Waals surface area contributed by atoms with Crippen molar-refractivity contribution in [3.05, 3.63) is 29.6 Å². The molecular weight excluding hydrogens is 237 g/mol. The molecule has 0 bridgehead atoms. The average molecular weight is 253 g/mol. The number of aliphatic hydroxyl groups excluding tert-OH is 1. The molecule has 1 aromatic rings. The molecule has 18 heavy (non-hydrogen) atoms. The number of amides is 1. The van der Waals surface area contributed by atoms with E-state index >= 15 is 0 Å². The average Bonchev–Trinajstić information content (AvgIpc) is 2.87. The van der Waals surface area contributed by atoms with Gasteiger partial charge in [0.05, 0.1) is 12.7 Å². The minimum Gasteiger partial charge on any atom is -0.494 e. The van der Waals surface area contributed by atoms with Gasteiger partial charge in [0.25, 0.3) is 5.91 Å². The predicted molar refractivity (Wildman–Crippen MR) is 64.0 cm³/mol. The van der Waals surface area contributed by atoms with Crippen LogP contribution in [0.25, 0.3) is 0 Å². The van der Waals surface area contributed by atoms with Gasteiger partial charge in [-0.1, -0.05) is 6.07 Å². The Labute approximate surface area is 105 Å². The standard InChI is InChI=1S/C13H16FNO3/c1-18-11-4-2-3-10(12(11)14)13(17)15-6-5-9(7-15)8-16/h2-4,9,16H,5-8H2,1H3. The molecule has 1 amide bonds. The Morgan fingerprint density at radius 3 is 3.00 bits per heavy atom. The minimum absolute atomic E-state index is 0.0212. The minimum atomic E-state index is -0.627. The van der Waals surface area contributed by atoms with Crippen LogP contribution in [0.3, 0.4) is 0 Å². The molecule has 1 aliphatic rings. The Kier molecular flexibility index (Phi) is 3.81. The van der Waals surface area contributed by atoms with Gasteiger partial charge in [-0.25, -0.2) is 4.39 Å². The third-order valence-electron chi connectivity index (χ3n) is 3.24. The number of carbonyl (C=O) groups excluding carboxylic acids is 1. The van der Waals surface area contributed by atoms with Crippen LogP contribution in [0.2, 0.25) is 0 Å². The number of nitrogens with zero attached hydrogens (tertiary/aromatic N) is 1. The van der Waals surface area contributed by atoms with E-state index in [1.54, 1.807) is 11.0 Å². The van der Waals surface area contributed by atoms with Crippen molar-refractivity contribution in [2.75, 3.05) is 26.8 Å². The van der Waals surface area contributed by atoms with Gasteiger partial charge in [-0.2, -0.15) is 0 Å². The van der Waals surface area contributed by atoms with Crippen molar-refractivity contribution in [3.63, 3.8) is 0 Å². The van der Waals surface area contributed by atoms with Crippen LogP contribution in [0.5, 0.6) is 5.75 Å². The van der Waals surface area contributed by atoms with Crippen molar-refractivity contribution < 1.29 is 19.0 Å². The van der Waals surface area contributed by atoms with Gasteiger partial charge in [-0.15, -0.1) is 0 Å². The molecule has 1 unspecified atom stereocenters. The molecule has 0 spiro atoms. The molecule has 1 atom stereocenters. The fourth-order valence-corrected chi connectivity index (χ4v) is 2.17. The van der Waals surface area contributed by atoms with E-state index in [2.05, 4.69) is 0 Å². The van der Waals surface area contributed by atoms with Crippen LogP contribution in [0.1, 0.15) is 16.8 Å². The molecular formula is C13H16FNO3. The molecule has 1 heterocycles. The smallest absolute Gasteiger partial charge is 0.256 e. The van der Waals surface area contributed by atoms with E-state index < -0.39 is 5.82 Å². The summed E-state index contributed by atoms with van der Waals surface area (Å²) < 4.78 is 18.8. The lowest BCUT2D eigenvalue weighted by Crippen LogP contribution is -2.29. The third kappa shape index (κ3) is 2.31. The summed E-state index contributed by atoms with van der Waals surface area (Å²) in [6.45, 7) is 1.09. The first-order valence-corrected chi connectivity index (χ1v) is 5.90. The van der Waals surface area contributed by atoms with Crippen molar-refractivity contribution in [2.24, 2.45) is 5.92 Å². The van der Waals surface area contributed by atoms with Gasteiger partial charge in [-0.3, -0.25) is 4.79 Å². The van der Waals surface area contributed by atoms with Crippen LogP contribution in [0.15, 0.2) is 18.2 Å². The molecule has 1 saturated heterocycles. The first kappa shape index (κ1) is 12.8. The zero-order chi connectivity index (χ0) is 13.1. The molecule has 5 heteroatoms. The van der Waals surface area contributed by atoms with E-state index in [-0.39, 0.29) is 29.7 Å². The summed E-state index contributed by atoms with van der Waals surface area (Å²) in [4.78, 5) is 13.7. The molecule has 2 rings (SSSR count). The van der Waals surface area contributed by atoms with Crippen molar-refractivity contribution in [1.29, 1.82) is 0 Å². The number of hydrogen-bond acceptors (Lipinski definition) is 3. The molecule has 0 aromatic heterocycles. The van der Waals surface area contributed by atoms with Crippen LogP contribution in [0.4, 0.5) is 4.39 Å². The highest BCUT2D eigenvalue weighted by molar-refractivity contribution is 5.95. The van der Waals surface area contributed by atoms with E-state index in [0.717, 1.165) is 6.42 Å². The molecule has 0 saturated carbocycles. The highest BCUT2D eigenvalue weighted by Crippen LogP contribution is 2.24. The number of ether oxygens (including phenoxy) is 1. The second kappa shape index (κ2) is 5.35. The van der Waals surface area contributed by atoms with Crippen LogP contribution in [-0.2, 0) is 0 Å². The highest BCUT2D eigenvalue weighted by Gasteiger charge is 2.28. The number of hydrogen-bond donors (Lipinski definition) is 1. The van der Waals surface area contributed by atoms with Crippen molar-refractivity contribution in [2.45, 2.75) is 6.42 Å². The van der Waals surface area contributed by atoms with E-state index in [9.17, 15) is 9.18 Å². The molecule has 0 radical (unpaired) electrons. The summed E-state index contributed by atoms with van der Waals surface area (Å²) in [6, 6.07) is 4.52. The number of rotatable bonds is 3. The van der Waals surface area contributed by atoms with Crippen LogP contribution in [0, 0.1) is 11.7 Å². The maximum atomic E-state index is 13.9. The molecule has 1 aromatic carbocycles. The summed E-state index contributed by atoms with van der Waals surface area (Å²) >= 11 is 0. The fraction of sp³-hybridized carbons (Fsp3) is 0.462. The van der Waals surface area contributed by atoms with Gasteiger partial charge in [0.2, 0.25) is 0 Å². The van der Waals surface area contributed by atoms with Crippen molar-refractivity contribution in [3.8, 4) is 5.75 Å². The monoisotopic (exact) mass is 253 g/mol.